The van der Waals surface area contributed by atoms with Crippen LogP contribution in [0.5, 0.6) is 11.5 Å². The average molecular weight is 393 g/mol. The quantitative estimate of drug-likeness (QED) is 0.691. The number of carboxylic acid groups (broad SMARTS) is 1. The SMILES string of the molecule is COc1ccc([C@@H](CNC(=O)OC(C)(C)C)CC(=O)O)cc1OC1CCCC1. The average Bonchev–Trinajstić information content (AvgIpc) is 3.09. The summed E-state index contributed by atoms with van der Waals surface area (Å²) in [5, 5.41) is 12.0. The van der Waals surface area contributed by atoms with Gasteiger partial charge in [0, 0.05) is 12.5 Å². The predicted molar refractivity (Wildman–Crippen MR) is 105 cm³/mol. The van der Waals surface area contributed by atoms with Crippen LogP contribution in [0.15, 0.2) is 18.2 Å². The van der Waals surface area contributed by atoms with E-state index in [-0.39, 0.29) is 19.1 Å². The number of alkyl carbamates (subject to hydrolysis) is 1. The van der Waals surface area contributed by atoms with Crippen LogP contribution < -0.4 is 14.8 Å². The van der Waals surface area contributed by atoms with E-state index in [4.69, 9.17) is 14.2 Å². The van der Waals surface area contributed by atoms with E-state index in [1.165, 1.54) is 0 Å². The lowest BCUT2D eigenvalue weighted by Crippen LogP contribution is -2.35. The Morgan fingerprint density at radius 3 is 2.46 bits per heavy atom. The predicted octanol–water partition coefficient (Wildman–Crippen LogP) is 4.10. The van der Waals surface area contributed by atoms with Crippen LogP contribution in [-0.2, 0) is 9.53 Å². The van der Waals surface area contributed by atoms with Gasteiger partial charge in [-0.05, 0) is 64.2 Å². The van der Waals surface area contributed by atoms with Gasteiger partial charge in [0.25, 0.3) is 0 Å². The molecule has 2 N–H and O–H groups in total. The summed E-state index contributed by atoms with van der Waals surface area (Å²) < 4.78 is 16.7. The van der Waals surface area contributed by atoms with Gasteiger partial charge in [-0.2, -0.15) is 0 Å². The molecule has 7 nitrogen and oxygen atoms in total. The Hall–Kier alpha value is -2.44. The topological polar surface area (TPSA) is 94.1 Å². The Bertz CT molecular complexity index is 676. The standard InChI is InChI=1S/C21H31NO6/c1-21(2,3)28-20(25)22-13-15(12-19(23)24)14-9-10-17(26-4)18(11-14)27-16-7-5-6-8-16/h9-11,15-16H,5-8,12-13H2,1-4H3,(H,22,25)(H,23,24)/t15-/m1/s1. The summed E-state index contributed by atoms with van der Waals surface area (Å²) in [4.78, 5) is 23.3. The molecule has 0 saturated heterocycles. The van der Waals surface area contributed by atoms with E-state index < -0.39 is 23.6 Å². The highest BCUT2D eigenvalue weighted by Crippen LogP contribution is 2.35. The van der Waals surface area contributed by atoms with Gasteiger partial charge in [0.2, 0.25) is 0 Å². The van der Waals surface area contributed by atoms with Crippen molar-refractivity contribution in [1.82, 2.24) is 5.32 Å². The summed E-state index contributed by atoms with van der Waals surface area (Å²) in [6.07, 6.45) is 3.77. The number of carboxylic acids is 1. The van der Waals surface area contributed by atoms with Crippen LogP contribution >= 0.6 is 0 Å². The molecule has 2 rings (SSSR count). The molecule has 7 heteroatoms. The molecular formula is C21H31NO6. The lowest BCUT2D eigenvalue weighted by atomic mass is 9.95. The van der Waals surface area contributed by atoms with Crippen LogP contribution in [0.2, 0.25) is 0 Å². The van der Waals surface area contributed by atoms with Crippen LogP contribution in [0.3, 0.4) is 0 Å². The van der Waals surface area contributed by atoms with Gasteiger partial charge in [-0.1, -0.05) is 6.07 Å². The molecule has 0 radical (unpaired) electrons. The van der Waals surface area contributed by atoms with Crippen LogP contribution in [0, 0.1) is 0 Å². The fourth-order valence-electron chi connectivity index (χ4n) is 3.26. The van der Waals surface area contributed by atoms with E-state index in [9.17, 15) is 14.7 Å². The highest BCUT2D eigenvalue weighted by Gasteiger charge is 2.23. The molecular weight excluding hydrogens is 362 g/mol. The maximum atomic E-state index is 12.0. The minimum Gasteiger partial charge on any atom is -0.493 e. The molecule has 1 amide bonds. The number of rotatable bonds is 8. The van der Waals surface area contributed by atoms with E-state index in [1.54, 1.807) is 33.9 Å². The Kier molecular flexibility index (Phi) is 7.54. The summed E-state index contributed by atoms with van der Waals surface area (Å²) >= 11 is 0. The number of aliphatic carboxylic acids is 1. The van der Waals surface area contributed by atoms with E-state index in [1.807, 2.05) is 12.1 Å². The molecule has 0 aliphatic heterocycles. The van der Waals surface area contributed by atoms with Gasteiger partial charge < -0.3 is 24.6 Å². The van der Waals surface area contributed by atoms with Crippen molar-refractivity contribution in [1.29, 1.82) is 0 Å². The van der Waals surface area contributed by atoms with Crippen LogP contribution in [-0.4, -0.2) is 42.5 Å². The summed E-state index contributed by atoms with van der Waals surface area (Å²) in [5.74, 6) is -0.128. The molecule has 1 fully saturated rings. The molecule has 0 unspecified atom stereocenters. The Balaban J connectivity index is 2.14. The number of nitrogens with one attached hydrogen (secondary N) is 1. The van der Waals surface area contributed by atoms with Gasteiger partial charge in [0.05, 0.1) is 19.6 Å². The molecule has 1 aliphatic rings. The number of hydrogen-bond donors (Lipinski definition) is 2. The zero-order valence-corrected chi connectivity index (χ0v) is 17.1. The first-order valence-corrected chi connectivity index (χ1v) is 9.71. The fourth-order valence-corrected chi connectivity index (χ4v) is 3.26. The third-order valence-electron chi connectivity index (χ3n) is 4.57. The minimum atomic E-state index is -0.940. The number of amides is 1. The fraction of sp³-hybridized carbons (Fsp3) is 0.619. The first-order chi connectivity index (χ1) is 13.2. The molecule has 1 aromatic carbocycles. The molecule has 28 heavy (non-hydrogen) atoms. The van der Waals surface area contributed by atoms with Gasteiger partial charge in [-0.15, -0.1) is 0 Å². The zero-order chi connectivity index (χ0) is 20.7. The second-order valence-electron chi connectivity index (χ2n) is 8.11. The Morgan fingerprint density at radius 1 is 1.21 bits per heavy atom. The maximum Gasteiger partial charge on any atom is 0.407 e. The molecule has 0 spiro atoms. The van der Waals surface area contributed by atoms with Gasteiger partial charge in [0.1, 0.15) is 5.60 Å². The zero-order valence-electron chi connectivity index (χ0n) is 17.1. The molecule has 1 aromatic rings. The van der Waals surface area contributed by atoms with Crippen molar-refractivity contribution in [2.75, 3.05) is 13.7 Å². The van der Waals surface area contributed by atoms with E-state index in [0.717, 1.165) is 31.2 Å². The number of carbonyl (C=O) groups excluding carboxylic acids is 1. The normalized spacial score (nSPS) is 15.7. The summed E-state index contributed by atoms with van der Waals surface area (Å²) in [6, 6.07) is 5.41. The van der Waals surface area contributed by atoms with E-state index >= 15 is 0 Å². The van der Waals surface area contributed by atoms with Crippen LogP contribution in [0.4, 0.5) is 4.79 Å². The molecule has 1 atom stereocenters. The van der Waals surface area contributed by atoms with Gasteiger partial charge >= 0.3 is 12.1 Å². The summed E-state index contributed by atoms with van der Waals surface area (Å²) in [7, 11) is 1.58. The first-order valence-electron chi connectivity index (χ1n) is 9.71. The number of carbonyl (C=O) groups is 2. The summed E-state index contributed by atoms with van der Waals surface area (Å²) in [5.41, 5.74) is 0.154. The second-order valence-corrected chi connectivity index (χ2v) is 8.11. The van der Waals surface area contributed by atoms with Gasteiger partial charge in [-0.25, -0.2) is 4.79 Å². The lowest BCUT2D eigenvalue weighted by Gasteiger charge is -2.22. The minimum absolute atomic E-state index is 0.120. The number of ether oxygens (including phenoxy) is 3. The van der Waals surface area contributed by atoms with Gasteiger partial charge in [-0.3, -0.25) is 4.79 Å². The highest BCUT2D eigenvalue weighted by atomic mass is 16.6. The first kappa shape index (κ1) is 21.9. The van der Waals surface area contributed by atoms with Crippen molar-refractivity contribution in [3.05, 3.63) is 23.8 Å². The highest BCUT2D eigenvalue weighted by molar-refractivity contribution is 5.70. The van der Waals surface area contributed by atoms with Crippen LogP contribution in [0.25, 0.3) is 0 Å². The third kappa shape index (κ3) is 6.94. The third-order valence-corrected chi connectivity index (χ3v) is 4.57. The Morgan fingerprint density at radius 2 is 1.89 bits per heavy atom. The number of hydrogen-bond acceptors (Lipinski definition) is 5. The monoisotopic (exact) mass is 393 g/mol. The van der Waals surface area contributed by atoms with Crippen molar-refractivity contribution in [2.24, 2.45) is 0 Å². The van der Waals surface area contributed by atoms with Gasteiger partial charge in [0.15, 0.2) is 11.5 Å². The maximum absolute atomic E-state index is 12.0. The lowest BCUT2D eigenvalue weighted by molar-refractivity contribution is -0.137. The molecule has 0 heterocycles. The number of methoxy groups -OCH3 is 1. The molecule has 1 saturated carbocycles. The largest absolute Gasteiger partial charge is 0.493 e. The molecule has 0 aromatic heterocycles. The molecule has 0 bridgehead atoms. The van der Waals surface area contributed by atoms with Crippen molar-refractivity contribution in [2.45, 2.75) is 70.5 Å². The van der Waals surface area contributed by atoms with Crippen molar-refractivity contribution < 1.29 is 28.9 Å². The van der Waals surface area contributed by atoms with Crippen molar-refractivity contribution in [3.8, 4) is 11.5 Å². The van der Waals surface area contributed by atoms with E-state index in [2.05, 4.69) is 5.32 Å². The molecule has 1 aliphatic carbocycles. The van der Waals surface area contributed by atoms with E-state index in [0.29, 0.717) is 11.5 Å². The van der Waals surface area contributed by atoms with Crippen molar-refractivity contribution >= 4 is 12.1 Å². The van der Waals surface area contributed by atoms with Crippen molar-refractivity contribution in [3.63, 3.8) is 0 Å². The second kappa shape index (κ2) is 9.66. The molecule has 156 valence electrons. The Labute approximate surface area is 166 Å². The smallest absolute Gasteiger partial charge is 0.407 e. The summed E-state index contributed by atoms with van der Waals surface area (Å²) in [6.45, 7) is 5.47. The number of benzene rings is 1. The van der Waals surface area contributed by atoms with Crippen LogP contribution in [0.1, 0.15) is 64.4 Å².